The molecule has 0 spiro atoms. The van der Waals surface area contributed by atoms with Gasteiger partial charge in [-0.1, -0.05) is 54.0 Å². The minimum Gasteiger partial charge on any atom is -0.507 e. The Labute approximate surface area is 202 Å². The number of rotatable bonds is 4. The first kappa shape index (κ1) is 23.4. The first-order valence-corrected chi connectivity index (χ1v) is 11.1. The number of hydrogen-bond donors (Lipinski definition) is 1. The lowest BCUT2D eigenvalue weighted by atomic mass is 9.93. The Morgan fingerprint density at radius 1 is 1.12 bits per heavy atom. The first-order valence-electron chi connectivity index (χ1n) is 10.3. The third-order valence-electron chi connectivity index (χ3n) is 5.47. The second kappa shape index (κ2) is 8.53. The molecular weight excluding hydrogens is 506 g/mol. The van der Waals surface area contributed by atoms with Crippen molar-refractivity contribution in [3.05, 3.63) is 91.6 Å². The normalized spacial score (nSPS) is 17.9. The maximum atomic E-state index is 13.2. The molecule has 0 unspecified atom stereocenters. The highest BCUT2D eigenvalue weighted by molar-refractivity contribution is 9.10. The molecule has 174 valence electrons. The lowest BCUT2D eigenvalue weighted by molar-refractivity contribution is -0.384. The quantitative estimate of drug-likeness (QED) is 0.161. The number of aliphatic hydroxyl groups excluding tert-OH is 1. The van der Waals surface area contributed by atoms with E-state index < -0.39 is 28.1 Å². The molecule has 1 aliphatic rings. The van der Waals surface area contributed by atoms with Gasteiger partial charge in [0.1, 0.15) is 11.5 Å². The molecule has 9 nitrogen and oxygen atoms in total. The average molecular weight is 526 g/mol. The molecule has 0 saturated carbocycles. The predicted octanol–water partition coefficient (Wildman–Crippen LogP) is 5.27. The number of non-ortho nitro benzene ring substituents is 1. The monoisotopic (exact) mass is 525 g/mol. The van der Waals surface area contributed by atoms with E-state index in [1.807, 2.05) is 20.8 Å². The lowest BCUT2D eigenvalue weighted by Crippen LogP contribution is -2.29. The van der Waals surface area contributed by atoms with E-state index in [-0.39, 0.29) is 22.8 Å². The number of carbonyl (C=O) groups excluding carboxylic acids is 2. The topological polar surface area (TPSA) is 127 Å². The largest absolute Gasteiger partial charge is 0.507 e. The number of aliphatic hydroxyl groups is 1. The van der Waals surface area contributed by atoms with E-state index in [1.165, 1.54) is 24.3 Å². The summed E-state index contributed by atoms with van der Waals surface area (Å²) in [6, 6.07) is 12.5. The van der Waals surface area contributed by atoms with Gasteiger partial charge in [-0.2, -0.15) is 0 Å². The predicted molar refractivity (Wildman–Crippen MR) is 127 cm³/mol. The van der Waals surface area contributed by atoms with Gasteiger partial charge >= 0.3 is 5.91 Å². The van der Waals surface area contributed by atoms with E-state index in [4.69, 9.17) is 4.52 Å². The molecule has 1 fully saturated rings. The molecule has 2 heterocycles. The second-order valence-electron chi connectivity index (χ2n) is 8.82. The van der Waals surface area contributed by atoms with Crippen molar-refractivity contribution in [2.45, 2.75) is 32.2 Å². The number of halogens is 1. The van der Waals surface area contributed by atoms with Crippen molar-refractivity contribution in [1.82, 2.24) is 5.16 Å². The number of hydrogen-bond acceptors (Lipinski definition) is 7. The SMILES string of the molecule is CC(C)(C)c1cc(N2C(=O)C(=O)C(=C(O)c3ccc(Br)cc3)[C@@H]2c2ccc([N+](=O)[O-])cc2)no1. The van der Waals surface area contributed by atoms with Crippen molar-refractivity contribution in [3.63, 3.8) is 0 Å². The van der Waals surface area contributed by atoms with Crippen LogP contribution in [0.15, 0.2) is 69.2 Å². The zero-order valence-electron chi connectivity index (χ0n) is 18.5. The highest BCUT2D eigenvalue weighted by Gasteiger charge is 2.48. The van der Waals surface area contributed by atoms with Crippen LogP contribution in [0.25, 0.3) is 5.76 Å². The van der Waals surface area contributed by atoms with Crippen molar-refractivity contribution >= 4 is 44.9 Å². The molecule has 1 atom stereocenters. The van der Waals surface area contributed by atoms with Crippen LogP contribution in [0.3, 0.4) is 0 Å². The van der Waals surface area contributed by atoms with E-state index in [1.54, 1.807) is 30.3 Å². The lowest BCUT2D eigenvalue weighted by Gasteiger charge is -2.22. The Hall–Kier alpha value is -3.79. The number of anilines is 1. The number of amides is 1. The van der Waals surface area contributed by atoms with Crippen LogP contribution in [0, 0.1) is 10.1 Å². The molecule has 0 radical (unpaired) electrons. The molecule has 1 aromatic heterocycles. The summed E-state index contributed by atoms with van der Waals surface area (Å²) in [5.74, 6) is -1.55. The number of nitro benzene ring substituents is 1. The third-order valence-corrected chi connectivity index (χ3v) is 5.99. The van der Waals surface area contributed by atoms with Crippen LogP contribution in [-0.2, 0) is 15.0 Å². The fourth-order valence-corrected chi connectivity index (χ4v) is 3.92. The van der Waals surface area contributed by atoms with Gasteiger partial charge < -0.3 is 9.63 Å². The van der Waals surface area contributed by atoms with Crippen molar-refractivity contribution in [3.8, 4) is 0 Å². The van der Waals surface area contributed by atoms with Gasteiger partial charge in [0, 0.05) is 33.7 Å². The molecule has 3 aromatic rings. The molecule has 0 bridgehead atoms. The Bertz CT molecular complexity index is 1320. The molecule has 1 amide bonds. The van der Waals surface area contributed by atoms with Gasteiger partial charge in [-0.25, -0.2) is 0 Å². The Balaban J connectivity index is 1.91. The fraction of sp³-hybridized carbons (Fsp3) is 0.208. The van der Waals surface area contributed by atoms with E-state index in [2.05, 4.69) is 21.1 Å². The van der Waals surface area contributed by atoms with Crippen molar-refractivity contribution in [2.24, 2.45) is 0 Å². The van der Waals surface area contributed by atoms with Gasteiger partial charge in [0.05, 0.1) is 16.5 Å². The van der Waals surface area contributed by atoms with Crippen LogP contribution in [0.5, 0.6) is 0 Å². The Kier molecular flexibility index (Phi) is 5.86. The van der Waals surface area contributed by atoms with E-state index in [0.29, 0.717) is 16.9 Å². The third kappa shape index (κ3) is 4.12. The van der Waals surface area contributed by atoms with Crippen LogP contribution in [0.4, 0.5) is 11.5 Å². The summed E-state index contributed by atoms with van der Waals surface area (Å²) in [6.45, 7) is 5.73. The van der Waals surface area contributed by atoms with Crippen LogP contribution in [0.2, 0.25) is 0 Å². The highest BCUT2D eigenvalue weighted by Crippen LogP contribution is 2.43. The summed E-state index contributed by atoms with van der Waals surface area (Å²) in [7, 11) is 0. The smallest absolute Gasteiger partial charge is 0.301 e. The van der Waals surface area contributed by atoms with E-state index in [0.717, 1.165) is 9.37 Å². The Morgan fingerprint density at radius 3 is 2.26 bits per heavy atom. The summed E-state index contributed by atoms with van der Waals surface area (Å²) in [4.78, 5) is 38.0. The van der Waals surface area contributed by atoms with Crippen molar-refractivity contribution in [1.29, 1.82) is 0 Å². The van der Waals surface area contributed by atoms with Gasteiger partial charge in [-0.05, 0) is 29.8 Å². The number of Topliss-reactive ketones (excluding diaryl/α,β-unsaturated/α-hetero) is 1. The van der Waals surface area contributed by atoms with Crippen molar-refractivity contribution < 1.29 is 24.1 Å². The number of nitrogens with zero attached hydrogens (tertiary/aromatic N) is 3. The van der Waals surface area contributed by atoms with E-state index >= 15 is 0 Å². The number of benzene rings is 2. The summed E-state index contributed by atoms with van der Waals surface area (Å²) in [5, 5.41) is 26.2. The fourth-order valence-electron chi connectivity index (χ4n) is 3.66. The molecule has 10 heteroatoms. The standard InChI is InChI=1S/C24H20BrN3O6/c1-24(2,3)17-12-18(26-34-17)27-20(13-6-10-16(11-7-13)28(32)33)19(22(30)23(27)31)21(29)14-4-8-15(25)9-5-14/h4-12,20,29H,1-3H3/t20-/m0/s1. The zero-order chi connectivity index (χ0) is 24.8. The number of ketones is 1. The number of carbonyl (C=O) groups is 2. The summed E-state index contributed by atoms with van der Waals surface area (Å²) >= 11 is 3.32. The van der Waals surface area contributed by atoms with Gasteiger partial charge in [-0.15, -0.1) is 0 Å². The van der Waals surface area contributed by atoms with Crippen LogP contribution >= 0.6 is 15.9 Å². The van der Waals surface area contributed by atoms with Crippen LogP contribution < -0.4 is 4.90 Å². The highest BCUT2D eigenvalue weighted by atomic mass is 79.9. The molecule has 0 aliphatic carbocycles. The Morgan fingerprint density at radius 2 is 1.74 bits per heavy atom. The van der Waals surface area contributed by atoms with Gasteiger partial charge in [0.15, 0.2) is 5.82 Å². The number of nitro groups is 1. The molecule has 2 aromatic carbocycles. The zero-order valence-corrected chi connectivity index (χ0v) is 20.1. The maximum Gasteiger partial charge on any atom is 0.301 e. The van der Waals surface area contributed by atoms with Gasteiger partial charge in [0.2, 0.25) is 0 Å². The summed E-state index contributed by atoms with van der Waals surface area (Å²) < 4.78 is 6.20. The van der Waals surface area contributed by atoms with Crippen molar-refractivity contribution in [2.75, 3.05) is 4.90 Å². The maximum absolute atomic E-state index is 13.2. The minimum atomic E-state index is -1.07. The first-order chi connectivity index (χ1) is 16.0. The van der Waals surface area contributed by atoms with Crippen LogP contribution in [0.1, 0.15) is 43.7 Å². The molecule has 4 rings (SSSR count). The van der Waals surface area contributed by atoms with Crippen LogP contribution in [-0.4, -0.2) is 26.9 Å². The second-order valence-corrected chi connectivity index (χ2v) is 9.74. The average Bonchev–Trinajstić information content (AvgIpc) is 3.37. The number of aromatic nitrogens is 1. The van der Waals surface area contributed by atoms with E-state index in [9.17, 15) is 24.8 Å². The summed E-state index contributed by atoms with van der Waals surface area (Å²) in [6.07, 6.45) is 0. The molecule has 1 N–H and O–H groups in total. The molecule has 1 saturated heterocycles. The molecular formula is C24H20BrN3O6. The minimum absolute atomic E-state index is 0.102. The molecule has 1 aliphatic heterocycles. The molecule has 34 heavy (non-hydrogen) atoms. The summed E-state index contributed by atoms with van der Waals surface area (Å²) in [5.41, 5.74) is 0.0259. The van der Waals surface area contributed by atoms with Gasteiger partial charge in [0.25, 0.3) is 11.5 Å². The van der Waals surface area contributed by atoms with Gasteiger partial charge in [-0.3, -0.25) is 24.6 Å².